The third kappa shape index (κ3) is 3.96. The molecule has 3 rings (SSSR count). The van der Waals surface area contributed by atoms with E-state index in [4.69, 9.17) is 4.74 Å². The summed E-state index contributed by atoms with van der Waals surface area (Å²) in [4.78, 5) is 13.8. The number of sulfonamides is 1. The maximum atomic E-state index is 13.1. The molecule has 0 aromatic heterocycles. The summed E-state index contributed by atoms with van der Waals surface area (Å²) in [5.41, 5.74) is 1.71. The number of hydrogen-bond acceptors (Lipinski definition) is 4. The van der Waals surface area contributed by atoms with Crippen molar-refractivity contribution >= 4 is 43.2 Å². The first-order chi connectivity index (χ1) is 12.7. The van der Waals surface area contributed by atoms with Gasteiger partial charge in [-0.3, -0.25) is 9.52 Å². The Morgan fingerprint density at radius 1 is 1.30 bits per heavy atom. The Hall–Kier alpha value is -2.06. The van der Waals surface area contributed by atoms with Crippen LogP contribution >= 0.6 is 15.9 Å². The van der Waals surface area contributed by atoms with Crippen molar-refractivity contribution in [1.29, 1.82) is 0 Å². The van der Waals surface area contributed by atoms with Crippen molar-refractivity contribution in [3.8, 4) is 5.75 Å². The summed E-state index contributed by atoms with van der Waals surface area (Å²) in [7, 11) is -3.89. The van der Waals surface area contributed by atoms with Gasteiger partial charge in [-0.15, -0.1) is 0 Å². The molecule has 0 aliphatic carbocycles. The smallest absolute Gasteiger partial charge is 0.264 e. The highest BCUT2D eigenvalue weighted by molar-refractivity contribution is 9.10. The fourth-order valence-corrected chi connectivity index (χ4v) is 5.34. The summed E-state index contributed by atoms with van der Waals surface area (Å²) in [6.07, 6.45) is 0.611. The van der Waals surface area contributed by atoms with Crippen molar-refractivity contribution in [3.63, 3.8) is 0 Å². The predicted molar refractivity (Wildman–Crippen MR) is 109 cm³/mol. The average Bonchev–Trinajstić information content (AvgIpc) is 2.91. The molecule has 1 atom stereocenters. The zero-order valence-electron chi connectivity index (χ0n) is 15.3. The van der Waals surface area contributed by atoms with Crippen molar-refractivity contribution in [3.05, 3.63) is 46.4 Å². The van der Waals surface area contributed by atoms with Crippen LogP contribution in [0.3, 0.4) is 0 Å². The van der Waals surface area contributed by atoms with Gasteiger partial charge in [0.25, 0.3) is 10.0 Å². The standard InChI is InChI=1S/C19H21BrN2O4S/c1-4-26-17-7-5-16(6-8-17)21-27(24,25)18-11-15(20)10-14-9-12(2)22(13(3)23)19(14)18/h5-8,10-12,21H,4,9H2,1-3H3/t12-/m1/s1. The summed E-state index contributed by atoms with van der Waals surface area (Å²) in [6, 6.07) is 10.0. The number of fused-ring (bicyclic) bond motifs is 1. The van der Waals surface area contributed by atoms with Gasteiger partial charge in [-0.2, -0.15) is 0 Å². The normalized spacial score (nSPS) is 16.1. The minimum absolute atomic E-state index is 0.0836. The average molecular weight is 453 g/mol. The number of halogens is 1. The van der Waals surface area contributed by atoms with E-state index in [2.05, 4.69) is 20.7 Å². The van der Waals surface area contributed by atoms with Gasteiger partial charge in [0.05, 0.1) is 12.3 Å². The number of anilines is 2. The van der Waals surface area contributed by atoms with E-state index < -0.39 is 10.0 Å². The molecule has 0 spiro atoms. The van der Waals surface area contributed by atoms with Crippen molar-refractivity contribution in [2.45, 2.75) is 38.1 Å². The number of carbonyl (C=O) groups is 1. The maximum Gasteiger partial charge on any atom is 0.264 e. The lowest BCUT2D eigenvalue weighted by Crippen LogP contribution is -2.34. The Morgan fingerprint density at radius 3 is 2.56 bits per heavy atom. The Morgan fingerprint density at radius 2 is 1.96 bits per heavy atom. The van der Waals surface area contributed by atoms with Crippen molar-refractivity contribution in [2.24, 2.45) is 0 Å². The van der Waals surface area contributed by atoms with E-state index in [0.717, 1.165) is 5.56 Å². The molecule has 1 aliphatic rings. The molecule has 1 aliphatic heterocycles. The fourth-order valence-electron chi connectivity index (χ4n) is 3.36. The molecule has 0 saturated carbocycles. The monoisotopic (exact) mass is 452 g/mol. The van der Waals surface area contributed by atoms with Crippen LogP contribution in [0.2, 0.25) is 0 Å². The van der Waals surface area contributed by atoms with Gasteiger partial charge < -0.3 is 9.64 Å². The number of carbonyl (C=O) groups excluding carboxylic acids is 1. The predicted octanol–water partition coefficient (Wildman–Crippen LogP) is 3.95. The van der Waals surface area contributed by atoms with E-state index in [1.54, 1.807) is 29.2 Å². The molecule has 0 fully saturated rings. The van der Waals surface area contributed by atoms with Crippen LogP contribution in [-0.4, -0.2) is 27.0 Å². The minimum atomic E-state index is -3.89. The van der Waals surface area contributed by atoms with Crippen LogP contribution in [0.4, 0.5) is 11.4 Å². The second-order valence-electron chi connectivity index (χ2n) is 6.42. The SMILES string of the molecule is CCOc1ccc(NS(=O)(=O)c2cc(Br)cc3c2N(C(C)=O)[C@H](C)C3)cc1. The first kappa shape index (κ1) is 19.7. The highest BCUT2D eigenvalue weighted by atomic mass is 79.9. The molecular formula is C19H21BrN2O4S. The Bertz CT molecular complexity index is 974. The fraction of sp³-hybridized carbons (Fsp3) is 0.316. The molecule has 144 valence electrons. The largest absolute Gasteiger partial charge is 0.494 e. The maximum absolute atomic E-state index is 13.1. The summed E-state index contributed by atoms with van der Waals surface area (Å²) in [5, 5.41) is 0. The van der Waals surface area contributed by atoms with Crippen LogP contribution in [0.1, 0.15) is 26.3 Å². The summed E-state index contributed by atoms with van der Waals surface area (Å²) in [5.74, 6) is 0.487. The number of ether oxygens (including phenoxy) is 1. The van der Waals surface area contributed by atoms with Crippen LogP contribution in [0.5, 0.6) is 5.75 Å². The van der Waals surface area contributed by atoms with E-state index in [1.807, 2.05) is 19.9 Å². The number of benzene rings is 2. The number of amides is 1. The molecule has 8 heteroatoms. The van der Waals surface area contributed by atoms with Gasteiger partial charge in [-0.25, -0.2) is 8.42 Å². The highest BCUT2D eigenvalue weighted by Gasteiger charge is 2.35. The first-order valence-electron chi connectivity index (χ1n) is 8.61. The van der Waals surface area contributed by atoms with Gasteiger partial charge in [-0.05, 0) is 62.2 Å². The lowest BCUT2D eigenvalue weighted by molar-refractivity contribution is -0.116. The van der Waals surface area contributed by atoms with Crippen LogP contribution in [0.15, 0.2) is 45.8 Å². The molecule has 2 aromatic rings. The number of nitrogens with zero attached hydrogens (tertiary/aromatic N) is 1. The Labute approximate surface area is 167 Å². The van der Waals surface area contributed by atoms with Gasteiger partial charge in [-0.1, -0.05) is 15.9 Å². The van der Waals surface area contributed by atoms with E-state index in [0.29, 0.717) is 34.6 Å². The molecule has 2 aromatic carbocycles. The van der Waals surface area contributed by atoms with Gasteiger partial charge in [0.1, 0.15) is 10.6 Å². The zero-order valence-corrected chi connectivity index (χ0v) is 17.7. The first-order valence-corrected chi connectivity index (χ1v) is 10.9. The highest BCUT2D eigenvalue weighted by Crippen LogP contribution is 2.40. The third-order valence-corrected chi connectivity index (χ3v) is 6.21. The van der Waals surface area contributed by atoms with Gasteiger partial charge in [0.15, 0.2) is 0 Å². The number of nitrogens with one attached hydrogen (secondary N) is 1. The molecular weight excluding hydrogens is 432 g/mol. The molecule has 0 bridgehead atoms. The van der Waals surface area contributed by atoms with Crippen molar-refractivity contribution < 1.29 is 17.9 Å². The molecule has 1 N–H and O–H groups in total. The Kier molecular flexibility index (Phi) is 5.48. The van der Waals surface area contributed by atoms with Crippen LogP contribution in [-0.2, 0) is 21.2 Å². The molecule has 1 heterocycles. The van der Waals surface area contributed by atoms with Crippen molar-refractivity contribution in [1.82, 2.24) is 0 Å². The molecule has 1 amide bonds. The third-order valence-electron chi connectivity index (χ3n) is 4.36. The van der Waals surface area contributed by atoms with Crippen LogP contribution < -0.4 is 14.4 Å². The van der Waals surface area contributed by atoms with E-state index in [-0.39, 0.29) is 16.8 Å². The van der Waals surface area contributed by atoms with E-state index >= 15 is 0 Å². The van der Waals surface area contributed by atoms with Crippen molar-refractivity contribution in [2.75, 3.05) is 16.2 Å². The summed E-state index contributed by atoms with van der Waals surface area (Å²) >= 11 is 3.39. The van der Waals surface area contributed by atoms with Gasteiger partial charge >= 0.3 is 0 Å². The van der Waals surface area contributed by atoms with E-state index in [9.17, 15) is 13.2 Å². The lowest BCUT2D eigenvalue weighted by Gasteiger charge is -2.23. The molecule has 0 unspecified atom stereocenters. The van der Waals surface area contributed by atoms with Gasteiger partial charge in [0.2, 0.25) is 5.91 Å². The summed E-state index contributed by atoms with van der Waals surface area (Å²) in [6.45, 7) is 5.77. The quantitative estimate of drug-likeness (QED) is 0.744. The zero-order chi connectivity index (χ0) is 19.8. The second-order valence-corrected chi connectivity index (χ2v) is 8.98. The molecule has 0 saturated heterocycles. The minimum Gasteiger partial charge on any atom is -0.494 e. The Balaban J connectivity index is 2.01. The molecule has 6 nitrogen and oxygen atoms in total. The van der Waals surface area contributed by atoms with E-state index in [1.165, 1.54) is 13.0 Å². The summed E-state index contributed by atoms with van der Waals surface area (Å²) < 4.78 is 34.8. The molecule has 27 heavy (non-hydrogen) atoms. The van der Waals surface area contributed by atoms with Gasteiger partial charge in [0, 0.05) is 23.1 Å². The molecule has 0 radical (unpaired) electrons. The number of rotatable bonds is 5. The van der Waals surface area contributed by atoms with Crippen LogP contribution in [0, 0.1) is 0 Å². The topological polar surface area (TPSA) is 75.7 Å². The lowest BCUT2D eigenvalue weighted by atomic mass is 10.1. The number of hydrogen-bond donors (Lipinski definition) is 1. The second kappa shape index (κ2) is 7.52. The van der Waals surface area contributed by atoms with Crippen LogP contribution in [0.25, 0.3) is 0 Å².